The second-order valence-electron chi connectivity index (χ2n) is 16.8. The van der Waals surface area contributed by atoms with E-state index in [1.807, 2.05) is 0 Å². The number of aryl methyl sites for hydroxylation is 2. The van der Waals surface area contributed by atoms with Crippen molar-refractivity contribution in [2.45, 2.75) is 207 Å². The van der Waals surface area contributed by atoms with Gasteiger partial charge in [0, 0.05) is 13.1 Å². The van der Waals surface area contributed by atoms with Crippen LogP contribution in [0.15, 0.2) is 66.7 Å². The van der Waals surface area contributed by atoms with Crippen LogP contribution in [0.5, 0.6) is 0 Å². The predicted octanol–water partition coefficient (Wildman–Crippen LogP) is 10.1. The predicted molar refractivity (Wildman–Crippen MR) is 242 cm³/mol. The summed E-state index contributed by atoms with van der Waals surface area (Å²) in [4.78, 5) is 15.6. The van der Waals surface area contributed by atoms with Crippen molar-refractivity contribution in [1.29, 1.82) is 0 Å². The molecule has 0 saturated heterocycles. The first-order valence-corrected chi connectivity index (χ1v) is 23.7. The number of rotatable bonds is 32. The molecule has 0 fully saturated rings. The first kappa shape index (κ1) is 52.8. The van der Waals surface area contributed by atoms with Crippen molar-refractivity contribution in [2.24, 2.45) is 0 Å². The Balaban J connectivity index is 0.00000400. The van der Waals surface area contributed by atoms with Gasteiger partial charge < -0.3 is 33.9 Å². The van der Waals surface area contributed by atoms with E-state index in [-0.39, 0.29) is 41.6 Å². The third-order valence-corrected chi connectivity index (χ3v) is 12.0. The van der Waals surface area contributed by atoms with Crippen LogP contribution >= 0.6 is 0 Å². The molecule has 0 aliphatic rings. The van der Waals surface area contributed by atoms with E-state index in [0.29, 0.717) is 0 Å². The van der Waals surface area contributed by atoms with Crippen molar-refractivity contribution in [3.63, 3.8) is 0 Å². The molecule has 59 heavy (non-hydrogen) atoms. The number of hydrogen-bond acceptors (Lipinski definition) is 3. The Hall–Kier alpha value is -2.38. The number of nitrogens with zero attached hydrogens (tertiary/aromatic N) is 5. The van der Waals surface area contributed by atoms with Gasteiger partial charge in [0.25, 0.3) is 0 Å². The van der Waals surface area contributed by atoms with Crippen molar-refractivity contribution in [2.75, 3.05) is 0 Å². The first-order chi connectivity index (χ1) is 27.8. The van der Waals surface area contributed by atoms with Gasteiger partial charge in [0.2, 0.25) is 0 Å². The van der Waals surface area contributed by atoms with Crippen LogP contribution in [0.25, 0.3) is 45.1 Å². The fourth-order valence-corrected chi connectivity index (χ4v) is 8.61. The maximum Gasteiger partial charge on any atom is 2.00 e. The number of para-hydroxylation sites is 4. The quantitative estimate of drug-likeness (QED) is 0.0405. The monoisotopic (exact) mass is 888 g/mol. The number of benzene rings is 2. The van der Waals surface area contributed by atoms with Crippen LogP contribution in [0.3, 0.4) is 0 Å². The minimum atomic E-state index is 0. The standard InChI is InChI=1S/C51H77N5.2ClH.Co/c1-3-5-7-9-11-13-15-17-19-21-23-25-27-33-42-55-48-40-31-29-36-44(48)53-50(55)46-38-35-39-47(52-46)51-54-45-37-30-32-41-49(45)56(51)43-34-28-26-24-22-20-18-16-14-12-10-8-6-4-2;;;/h29-32,35-41H,3-28,33-34,42-43H2,1-2H3;2*1H;/q;;;+2/p-2. The Kier molecular flexibility index (Phi) is 28.9. The molecule has 1 radical (unpaired) electrons. The minimum Gasteiger partial charge on any atom is -1.00 e. The number of halogens is 2. The largest absolute Gasteiger partial charge is 2.00 e. The molecular weight excluding hydrogens is 812 g/mol. The topological polar surface area (TPSA) is 48.5 Å². The third kappa shape index (κ3) is 18.2. The summed E-state index contributed by atoms with van der Waals surface area (Å²) in [6.07, 6.45) is 38.5. The molecule has 0 spiro atoms. The van der Waals surface area contributed by atoms with Crippen LogP contribution in [-0.4, -0.2) is 24.1 Å². The summed E-state index contributed by atoms with van der Waals surface area (Å²) in [5.41, 5.74) is 6.36. The molecule has 0 aliphatic heterocycles. The molecular formula is C51H77Cl2CoN5. The average molecular weight is 890 g/mol. The van der Waals surface area contributed by atoms with Crippen molar-refractivity contribution in [3.05, 3.63) is 66.7 Å². The van der Waals surface area contributed by atoms with Gasteiger partial charge in [-0.2, -0.15) is 0 Å². The Morgan fingerprint density at radius 2 is 0.627 bits per heavy atom. The molecule has 0 atom stereocenters. The van der Waals surface area contributed by atoms with Crippen LogP contribution in [0.4, 0.5) is 0 Å². The molecule has 0 amide bonds. The van der Waals surface area contributed by atoms with E-state index in [4.69, 9.17) is 15.0 Å². The SMILES string of the molecule is CCCCCCCCCCCCCCCCn1c(-c2cccc(-c3nc4ccccc4n3CCCCCCCCCCCCCCCC)n2)nc2ccccc21.[Cl-].[Cl-].[Co+2]. The van der Waals surface area contributed by atoms with Gasteiger partial charge in [-0.3, -0.25) is 0 Å². The number of aromatic nitrogens is 5. The summed E-state index contributed by atoms with van der Waals surface area (Å²) in [6, 6.07) is 23.6. The molecule has 3 aromatic heterocycles. The van der Waals surface area contributed by atoms with E-state index >= 15 is 0 Å². The second-order valence-corrected chi connectivity index (χ2v) is 16.8. The van der Waals surface area contributed by atoms with E-state index in [0.717, 1.165) is 47.2 Å². The summed E-state index contributed by atoms with van der Waals surface area (Å²) < 4.78 is 4.83. The molecule has 0 N–H and O–H groups in total. The zero-order valence-electron chi connectivity index (χ0n) is 36.9. The van der Waals surface area contributed by atoms with Crippen molar-refractivity contribution in [3.8, 4) is 23.0 Å². The molecule has 5 rings (SSSR count). The zero-order valence-corrected chi connectivity index (χ0v) is 39.4. The second kappa shape index (κ2) is 32.3. The van der Waals surface area contributed by atoms with Crippen LogP contribution in [0.2, 0.25) is 0 Å². The van der Waals surface area contributed by atoms with E-state index in [2.05, 4.69) is 89.7 Å². The molecule has 2 aromatic carbocycles. The number of pyridine rings is 1. The van der Waals surface area contributed by atoms with E-state index in [1.54, 1.807) is 0 Å². The summed E-state index contributed by atoms with van der Waals surface area (Å²) in [7, 11) is 0. The number of unbranched alkanes of at least 4 members (excludes halogenated alkanes) is 26. The molecule has 0 saturated carbocycles. The summed E-state index contributed by atoms with van der Waals surface area (Å²) in [6.45, 7) is 6.54. The van der Waals surface area contributed by atoms with Gasteiger partial charge in [0.05, 0.1) is 22.1 Å². The van der Waals surface area contributed by atoms with Gasteiger partial charge in [-0.25, -0.2) is 15.0 Å². The molecule has 3 heterocycles. The summed E-state index contributed by atoms with van der Waals surface area (Å²) >= 11 is 0. The number of hydrogen-bond donors (Lipinski definition) is 0. The Morgan fingerprint density at radius 1 is 0.339 bits per heavy atom. The fraction of sp³-hybridized carbons (Fsp3) is 0.627. The maximum absolute atomic E-state index is 5.29. The first-order valence-electron chi connectivity index (χ1n) is 23.7. The fourth-order valence-electron chi connectivity index (χ4n) is 8.61. The number of fused-ring (bicyclic) bond motifs is 2. The molecule has 0 aliphatic carbocycles. The molecule has 0 bridgehead atoms. The van der Waals surface area contributed by atoms with E-state index < -0.39 is 0 Å². The van der Waals surface area contributed by atoms with Gasteiger partial charge in [-0.05, 0) is 49.2 Å². The summed E-state index contributed by atoms with van der Waals surface area (Å²) in [5.74, 6) is 1.94. The maximum atomic E-state index is 5.29. The van der Waals surface area contributed by atoms with Gasteiger partial charge in [-0.15, -0.1) is 0 Å². The number of imidazole rings is 2. The average Bonchev–Trinajstić information content (AvgIpc) is 3.79. The van der Waals surface area contributed by atoms with Crippen molar-refractivity contribution >= 4 is 22.1 Å². The normalized spacial score (nSPS) is 11.2. The van der Waals surface area contributed by atoms with Crippen LogP contribution < -0.4 is 24.8 Å². The summed E-state index contributed by atoms with van der Waals surface area (Å²) in [5, 5.41) is 0. The molecule has 0 unspecified atom stereocenters. The van der Waals surface area contributed by atoms with E-state index in [9.17, 15) is 0 Å². The Bertz CT molecular complexity index is 1660. The van der Waals surface area contributed by atoms with Crippen LogP contribution in [-0.2, 0) is 29.9 Å². The van der Waals surface area contributed by atoms with Crippen LogP contribution in [0.1, 0.15) is 194 Å². The Labute approximate surface area is 382 Å². The Morgan fingerprint density at radius 3 is 0.949 bits per heavy atom. The third-order valence-electron chi connectivity index (χ3n) is 12.0. The molecule has 8 heteroatoms. The smallest absolute Gasteiger partial charge is 1.00 e. The van der Waals surface area contributed by atoms with Gasteiger partial charge in [0.1, 0.15) is 11.4 Å². The molecule has 5 aromatic rings. The van der Waals surface area contributed by atoms with Crippen molar-refractivity contribution < 1.29 is 41.6 Å². The van der Waals surface area contributed by atoms with Crippen LogP contribution in [0, 0.1) is 0 Å². The van der Waals surface area contributed by atoms with Gasteiger partial charge in [-0.1, -0.05) is 211 Å². The van der Waals surface area contributed by atoms with Gasteiger partial charge >= 0.3 is 16.8 Å². The molecule has 5 nitrogen and oxygen atoms in total. The zero-order chi connectivity index (χ0) is 38.9. The molecule has 329 valence electrons. The minimum absolute atomic E-state index is 0. The van der Waals surface area contributed by atoms with E-state index in [1.165, 1.54) is 191 Å². The van der Waals surface area contributed by atoms with Gasteiger partial charge in [0.15, 0.2) is 11.6 Å². The van der Waals surface area contributed by atoms with Crippen molar-refractivity contribution in [1.82, 2.24) is 24.1 Å².